The first-order valence-electron chi connectivity index (χ1n) is 4.74. The largest absolute Gasteiger partial charge is 0.226 e. The van der Waals surface area contributed by atoms with Crippen molar-refractivity contribution < 1.29 is 8.42 Å². The van der Waals surface area contributed by atoms with E-state index in [-0.39, 0.29) is 0 Å². The fraction of sp³-hybridized carbons (Fsp3) is 0.400. The van der Waals surface area contributed by atoms with Crippen LogP contribution in [0.5, 0.6) is 0 Å². The Bertz CT molecular complexity index is 483. The third-order valence-electron chi connectivity index (χ3n) is 2.72. The highest BCUT2D eigenvalue weighted by atomic mass is 32.3. The van der Waals surface area contributed by atoms with Crippen LogP contribution in [0, 0.1) is 0 Å². The van der Waals surface area contributed by atoms with Gasteiger partial charge in [0.05, 0.1) is 5.75 Å². The van der Waals surface area contributed by atoms with Crippen LogP contribution in [0.2, 0.25) is 0 Å². The number of hydrogen-bond donors (Lipinski definition) is 0. The number of benzene rings is 1. The van der Waals surface area contributed by atoms with Crippen LogP contribution in [0.15, 0.2) is 30.3 Å². The fourth-order valence-electron chi connectivity index (χ4n) is 2.06. The zero-order valence-corrected chi connectivity index (χ0v) is 10.4. The summed E-state index contributed by atoms with van der Waals surface area (Å²) >= 11 is 3.19. The Kier molecular flexibility index (Phi) is 2.13. The Morgan fingerprint density at radius 3 is 2.53 bits per heavy atom. The topological polar surface area (TPSA) is 34.1 Å². The predicted octanol–water partition coefficient (Wildman–Crippen LogP) is 2.07. The van der Waals surface area contributed by atoms with Crippen LogP contribution >= 0.6 is 23.5 Å². The van der Waals surface area contributed by atoms with E-state index in [1.807, 2.05) is 30.3 Å². The van der Waals surface area contributed by atoms with Crippen LogP contribution < -0.4 is 0 Å². The monoisotopic (exact) mass is 258 g/mol. The molecule has 2 unspecified atom stereocenters. The molecule has 2 heterocycles. The van der Waals surface area contributed by atoms with E-state index >= 15 is 0 Å². The lowest BCUT2D eigenvalue weighted by Gasteiger charge is -2.24. The van der Waals surface area contributed by atoms with Crippen molar-refractivity contribution in [1.29, 1.82) is 0 Å². The number of rotatable bonds is 1. The normalized spacial score (nSPS) is 36.9. The van der Waals surface area contributed by atoms with Gasteiger partial charge in [-0.2, -0.15) is 0 Å². The molecule has 0 aliphatic carbocycles. The Labute approximate surface area is 97.8 Å². The van der Waals surface area contributed by atoms with Crippen molar-refractivity contribution in [3.05, 3.63) is 35.9 Å². The first kappa shape index (κ1) is 10.1. The molecule has 2 bridgehead atoms. The van der Waals surface area contributed by atoms with Gasteiger partial charge in [-0.05, 0) is 5.56 Å². The third kappa shape index (κ3) is 1.29. The van der Waals surface area contributed by atoms with E-state index in [9.17, 15) is 8.42 Å². The van der Waals surface area contributed by atoms with Gasteiger partial charge >= 0.3 is 0 Å². The van der Waals surface area contributed by atoms with E-state index in [1.54, 1.807) is 23.5 Å². The van der Waals surface area contributed by atoms with Crippen LogP contribution in [0.3, 0.4) is 0 Å². The molecule has 2 nitrogen and oxygen atoms in total. The van der Waals surface area contributed by atoms with Gasteiger partial charge in [-0.3, -0.25) is 0 Å². The molecule has 2 aliphatic rings. The maximum absolute atomic E-state index is 12.1. The quantitative estimate of drug-likeness (QED) is 0.772. The maximum atomic E-state index is 12.1. The van der Waals surface area contributed by atoms with E-state index in [4.69, 9.17) is 0 Å². The van der Waals surface area contributed by atoms with Gasteiger partial charge in [-0.1, -0.05) is 30.3 Å². The van der Waals surface area contributed by atoms with Crippen LogP contribution in [0.25, 0.3) is 0 Å². The SMILES string of the molecule is O=S1(=O)CC2CSC1(c1ccccc1)S2. The Balaban J connectivity index is 2.18. The van der Waals surface area contributed by atoms with Gasteiger partial charge in [0.15, 0.2) is 13.2 Å². The summed E-state index contributed by atoms with van der Waals surface area (Å²) in [6.45, 7) is 0. The second-order valence-corrected chi connectivity index (χ2v) is 9.45. The van der Waals surface area contributed by atoms with Crippen molar-refractivity contribution in [3.63, 3.8) is 0 Å². The van der Waals surface area contributed by atoms with Crippen molar-refractivity contribution in [1.82, 2.24) is 0 Å². The smallest absolute Gasteiger partial charge is 0.188 e. The molecular formula is C10H10O2S3. The molecule has 3 rings (SSSR count). The van der Waals surface area contributed by atoms with Gasteiger partial charge in [-0.15, -0.1) is 23.5 Å². The third-order valence-corrected chi connectivity index (χ3v) is 10.2. The maximum Gasteiger partial charge on any atom is 0.188 e. The second kappa shape index (κ2) is 3.18. The molecule has 0 spiro atoms. The summed E-state index contributed by atoms with van der Waals surface area (Å²) in [5.74, 6) is 1.30. The van der Waals surface area contributed by atoms with Gasteiger partial charge in [0.2, 0.25) is 0 Å². The van der Waals surface area contributed by atoms with Crippen molar-refractivity contribution in [2.75, 3.05) is 11.5 Å². The Morgan fingerprint density at radius 1 is 1.27 bits per heavy atom. The van der Waals surface area contributed by atoms with Crippen molar-refractivity contribution in [3.8, 4) is 0 Å². The molecular weight excluding hydrogens is 248 g/mol. The molecule has 2 saturated heterocycles. The summed E-state index contributed by atoms with van der Waals surface area (Å²) in [4.78, 5) is 0. The van der Waals surface area contributed by atoms with Crippen molar-refractivity contribution in [2.24, 2.45) is 0 Å². The molecule has 0 aromatic heterocycles. The number of thioether (sulfide) groups is 2. The fourth-order valence-corrected chi connectivity index (χ4v) is 9.57. The average molecular weight is 258 g/mol. The van der Waals surface area contributed by atoms with Crippen LogP contribution in [0.4, 0.5) is 0 Å². The highest BCUT2D eigenvalue weighted by Gasteiger charge is 2.59. The molecule has 15 heavy (non-hydrogen) atoms. The molecule has 0 radical (unpaired) electrons. The lowest BCUT2D eigenvalue weighted by atomic mass is 10.2. The first-order chi connectivity index (χ1) is 7.14. The van der Waals surface area contributed by atoms with Gasteiger partial charge in [0.1, 0.15) is 0 Å². The van der Waals surface area contributed by atoms with Crippen LogP contribution in [-0.4, -0.2) is 25.2 Å². The predicted molar refractivity (Wildman–Crippen MR) is 65.7 cm³/mol. The molecule has 5 heteroatoms. The van der Waals surface area contributed by atoms with Crippen LogP contribution in [-0.2, 0) is 13.2 Å². The Morgan fingerprint density at radius 2 is 2.00 bits per heavy atom. The van der Waals surface area contributed by atoms with Gasteiger partial charge in [0.25, 0.3) is 0 Å². The zero-order chi connectivity index (χ0) is 10.5. The van der Waals surface area contributed by atoms with Crippen molar-refractivity contribution in [2.45, 2.75) is 8.66 Å². The summed E-state index contributed by atoms with van der Waals surface area (Å²) in [5, 5.41) is 0.292. The lowest BCUT2D eigenvalue weighted by Crippen LogP contribution is -2.28. The standard InChI is InChI=1S/C10H10O2S3/c11-15(12)7-9-6-13-10(15,14-9)8-4-2-1-3-5-8/h1-5,9H,6-7H2. The van der Waals surface area contributed by atoms with Gasteiger partial charge in [-0.25, -0.2) is 8.42 Å². The minimum atomic E-state index is -2.98. The molecule has 0 saturated carbocycles. The van der Waals surface area contributed by atoms with E-state index in [2.05, 4.69) is 0 Å². The van der Waals surface area contributed by atoms with E-state index in [0.29, 0.717) is 11.0 Å². The zero-order valence-electron chi connectivity index (χ0n) is 7.92. The highest BCUT2D eigenvalue weighted by molar-refractivity contribution is 8.34. The molecule has 2 atom stereocenters. The highest BCUT2D eigenvalue weighted by Crippen LogP contribution is 2.63. The van der Waals surface area contributed by atoms with E-state index < -0.39 is 13.2 Å². The molecule has 0 amide bonds. The van der Waals surface area contributed by atoms with E-state index in [1.165, 1.54) is 0 Å². The average Bonchev–Trinajstić information content (AvgIpc) is 2.74. The molecule has 2 fully saturated rings. The molecule has 2 aliphatic heterocycles. The summed E-state index contributed by atoms with van der Waals surface area (Å²) in [7, 11) is -2.98. The molecule has 1 aromatic carbocycles. The Hall–Kier alpha value is -0.130. The number of hydrogen-bond acceptors (Lipinski definition) is 4. The number of sulfone groups is 1. The summed E-state index contributed by atoms with van der Waals surface area (Å²) in [6.07, 6.45) is 0. The molecule has 80 valence electrons. The second-order valence-electron chi connectivity index (χ2n) is 3.75. The molecule has 0 N–H and O–H groups in total. The van der Waals surface area contributed by atoms with Gasteiger partial charge < -0.3 is 0 Å². The first-order valence-corrected chi connectivity index (χ1v) is 8.25. The summed E-state index contributed by atoms with van der Waals surface area (Å²) in [6, 6.07) is 9.58. The lowest BCUT2D eigenvalue weighted by molar-refractivity contribution is 0.592. The number of fused-ring (bicyclic) bond motifs is 2. The minimum Gasteiger partial charge on any atom is -0.226 e. The van der Waals surface area contributed by atoms with E-state index in [0.717, 1.165) is 11.3 Å². The summed E-state index contributed by atoms with van der Waals surface area (Å²) < 4.78 is 23.5. The minimum absolute atomic E-state index is 0.292. The van der Waals surface area contributed by atoms with Crippen LogP contribution in [0.1, 0.15) is 5.56 Å². The summed E-state index contributed by atoms with van der Waals surface area (Å²) in [5.41, 5.74) is 0.931. The van der Waals surface area contributed by atoms with Gasteiger partial charge in [0, 0.05) is 11.0 Å². The molecule has 1 aromatic rings. The van der Waals surface area contributed by atoms with Crippen molar-refractivity contribution >= 4 is 33.4 Å².